The van der Waals surface area contributed by atoms with Crippen LogP contribution in [0.25, 0.3) is 17.0 Å². The van der Waals surface area contributed by atoms with Crippen LogP contribution >= 0.6 is 24.0 Å². The molecule has 0 aliphatic carbocycles. The van der Waals surface area contributed by atoms with Crippen LogP contribution in [-0.2, 0) is 29.1 Å². The number of nitrogens with zero attached hydrogens (tertiary/aromatic N) is 4. The molecule has 2 aromatic heterocycles. The molecule has 0 spiro atoms. The SMILES string of the molecule is CCc1cccc2c(/C=C3\SC(=S)N(Cc4cccnc4)C3=O)cn(CC(=O)N3CCC(C)CC3)c12. The van der Waals surface area contributed by atoms with E-state index >= 15 is 0 Å². The molecule has 4 heterocycles. The molecule has 1 aromatic carbocycles. The first-order valence-electron chi connectivity index (χ1n) is 12.5. The lowest BCUT2D eigenvalue weighted by molar-refractivity contribution is -0.133. The summed E-state index contributed by atoms with van der Waals surface area (Å²) in [6.07, 6.45) is 10.4. The zero-order chi connectivity index (χ0) is 25.2. The largest absolute Gasteiger partial charge is 0.341 e. The third-order valence-electron chi connectivity index (χ3n) is 7.06. The van der Waals surface area contributed by atoms with Crippen molar-refractivity contribution in [1.82, 2.24) is 19.4 Å². The molecule has 0 saturated carbocycles. The molecule has 186 valence electrons. The molecule has 6 nitrogen and oxygen atoms in total. The first kappa shape index (κ1) is 24.7. The maximum absolute atomic E-state index is 13.3. The molecular weight excluding hydrogens is 488 g/mol. The summed E-state index contributed by atoms with van der Waals surface area (Å²) < 4.78 is 2.61. The molecule has 0 atom stereocenters. The van der Waals surface area contributed by atoms with Crippen molar-refractivity contribution >= 4 is 57.1 Å². The average Bonchev–Trinajstić information content (AvgIpc) is 3.36. The van der Waals surface area contributed by atoms with Crippen molar-refractivity contribution in [2.24, 2.45) is 5.92 Å². The van der Waals surface area contributed by atoms with Gasteiger partial charge in [0.1, 0.15) is 10.9 Å². The number of likely N-dealkylation sites (tertiary alicyclic amines) is 1. The number of carbonyl (C=O) groups excluding carboxylic acids is 2. The number of benzene rings is 1. The van der Waals surface area contributed by atoms with Gasteiger partial charge in [-0.1, -0.05) is 62.1 Å². The molecule has 0 radical (unpaired) electrons. The standard InChI is InChI=1S/C28H30N4O2S2/c1-3-21-7-4-8-23-22(17-31(26(21)23)18-25(33)30-12-9-19(2)10-13-30)14-24-27(34)32(28(35)36-24)16-20-6-5-11-29-15-20/h4-8,11,14-15,17,19H,3,9-10,12-13,16,18H2,1-2H3/b24-14-. The highest BCUT2D eigenvalue weighted by atomic mass is 32.2. The summed E-state index contributed by atoms with van der Waals surface area (Å²) in [4.78, 5) is 34.8. The molecule has 2 aliphatic heterocycles. The summed E-state index contributed by atoms with van der Waals surface area (Å²) in [6, 6.07) is 10.0. The lowest BCUT2D eigenvalue weighted by Gasteiger charge is -2.30. The Labute approximate surface area is 221 Å². The zero-order valence-electron chi connectivity index (χ0n) is 20.6. The third-order valence-corrected chi connectivity index (χ3v) is 8.44. The summed E-state index contributed by atoms with van der Waals surface area (Å²) >= 11 is 6.86. The number of thiocarbonyl (C=S) groups is 1. The molecule has 8 heteroatoms. The van der Waals surface area contributed by atoms with Crippen LogP contribution in [0.2, 0.25) is 0 Å². The van der Waals surface area contributed by atoms with Gasteiger partial charge in [0, 0.05) is 42.6 Å². The Morgan fingerprint density at radius 2 is 2.03 bits per heavy atom. The fraction of sp³-hybridized carbons (Fsp3) is 0.357. The van der Waals surface area contributed by atoms with Crippen LogP contribution in [0.3, 0.4) is 0 Å². The highest BCUT2D eigenvalue weighted by Crippen LogP contribution is 2.36. The normalized spacial score (nSPS) is 18.1. The second kappa shape index (κ2) is 10.6. The van der Waals surface area contributed by atoms with Crippen molar-refractivity contribution in [1.29, 1.82) is 0 Å². The first-order chi connectivity index (χ1) is 17.4. The molecule has 3 aromatic rings. The van der Waals surface area contributed by atoms with Gasteiger partial charge in [-0.25, -0.2) is 0 Å². The first-order valence-corrected chi connectivity index (χ1v) is 13.7. The predicted molar refractivity (Wildman–Crippen MR) is 149 cm³/mol. The van der Waals surface area contributed by atoms with E-state index in [0.29, 0.717) is 28.2 Å². The summed E-state index contributed by atoms with van der Waals surface area (Å²) in [6.45, 7) is 6.74. The van der Waals surface area contributed by atoms with E-state index in [1.807, 2.05) is 35.4 Å². The monoisotopic (exact) mass is 518 g/mol. The summed E-state index contributed by atoms with van der Waals surface area (Å²) in [5, 5.41) is 1.05. The number of piperidine rings is 1. The van der Waals surface area contributed by atoms with Gasteiger partial charge in [0.25, 0.3) is 5.91 Å². The fourth-order valence-corrected chi connectivity index (χ4v) is 6.19. The lowest BCUT2D eigenvalue weighted by atomic mass is 9.99. The number of para-hydroxylation sites is 1. The Morgan fingerprint density at radius 1 is 1.22 bits per heavy atom. The molecule has 2 saturated heterocycles. The van der Waals surface area contributed by atoms with Gasteiger partial charge in [-0.15, -0.1) is 0 Å². The topological polar surface area (TPSA) is 58.4 Å². The van der Waals surface area contributed by atoms with Gasteiger partial charge in [0.2, 0.25) is 5.91 Å². The number of carbonyl (C=O) groups is 2. The van der Waals surface area contributed by atoms with Gasteiger partial charge in [-0.3, -0.25) is 19.5 Å². The zero-order valence-corrected chi connectivity index (χ0v) is 22.3. The average molecular weight is 519 g/mol. The van der Waals surface area contributed by atoms with E-state index in [4.69, 9.17) is 12.2 Å². The van der Waals surface area contributed by atoms with Gasteiger partial charge in [0.05, 0.1) is 17.0 Å². The van der Waals surface area contributed by atoms with Gasteiger partial charge >= 0.3 is 0 Å². The Kier molecular flexibility index (Phi) is 7.25. The molecular formula is C28H30N4O2S2. The van der Waals surface area contributed by atoms with Crippen LogP contribution in [0, 0.1) is 5.92 Å². The van der Waals surface area contributed by atoms with Crippen LogP contribution in [0.1, 0.15) is 43.4 Å². The third kappa shape index (κ3) is 4.97. The molecule has 2 amide bonds. The quantitative estimate of drug-likeness (QED) is 0.329. The second-order valence-corrected chi connectivity index (χ2v) is 11.2. The minimum atomic E-state index is -0.0973. The Hall–Kier alpha value is -2.97. The van der Waals surface area contributed by atoms with Gasteiger partial charge in [-0.2, -0.15) is 0 Å². The van der Waals surface area contributed by atoms with Crippen molar-refractivity contribution in [3.8, 4) is 0 Å². The van der Waals surface area contributed by atoms with Crippen LogP contribution in [-0.4, -0.2) is 48.6 Å². The van der Waals surface area contributed by atoms with E-state index in [-0.39, 0.29) is 11.8 Å². The van der Waals surface area contributed by atoms with Crippen molar-refractivity contribution in [2.45, 2.75) is 46.2 Å². The Morgan fingerprint density at radius 3 is 2.75 bits per heavy atom. The maximum atomic E-state index is 13.3. The number of aryl methyl sites for hydroxylation is 1. The number of fused-ring (bicyclic) bond motifs is 1. The van der Waals surface area contributed by atoms with E-state index in [0.717, 1.165) is 54.4 Å². The summed E-state index contributed by atoms with van der Waals surface area (Å²) in [7, 11) is 0. The van der Waals surface area contributed by atoms with Gasteiger partial charge in [0.15, 0.2) is 0 Å². The summed E-state index contributed by atoms with van der Waals surface area (Å²) in [5.74, 6) is 0.732. The van der Waals surface area contributed by atoms with Gasteiger partial charge < -0.3 is 9.47 Å². The van der Waals surface area contributed by atoms with Crippen molar-refractivity contribution in [2.75, 3.05) is 13.1 Å². The lowest BCUT2D eigenvalue weighted by Crippen LogP contribution is -2.39. The Bertz CT molecular complexity index is 1340. The summed E-state index contributed by atoms with van der Waals surface area (Å²) in [5.41, 5.74) is 4.12. The highest BCUT2D eigenvalue weighted by Gasteiger charge is 2.32. The smallest absolute Gasteiger partial charge is 0.266 e. The molecule has 5 rings (SSSR count). The minimum Gasteiger partial charge on any atom is -0.341 e. The van der Waals surface area contributed by atoms with E-state index in [9.17, 15) is 9.59 Å². The number of aromatic nitrogens is 2. The molecule has 0 unspecified atom stereocenters. The van der Waals surface area contributed by atoms with Crippen molar-refractivity contribution < 1.29 is 9.59 Å². The number of amides is 2. The fourth-order valence-electron chi connectivity index (χ4n) is 4.95. The predicted octanol–water partition coefficient (Wildman–Crippen LogP) is 5.26. The van der Waals surface area contributed by atoms with Crippen LogP contribution in [0.4, 0.5) is 0 Å². The Balaban J connectivity index is 1.45. The number of pyridine rings is 1. The molecule has 36 heavy (non-hydrogen) atoms. The van der Waals surface area contributed by atoms with Crippen molar-refractivity contribution in [3.05, 3.63) is 70.5 Å². The van der Waals surface area contributed by atoms with Crippen LogP contribution in [0.15, 0.2) is 53.8 Å². The number of hydrogen-bond donors (Lipinski definition) is 0. The van der Waals surface area contributed by atoms with Crippen LogP contribution in [0.5, 0.6) is 0 Å². The molecule has 0 N–H and O–H groups in total. The van der Waals surface area contributed by atoms with E-state index in [1.54, 1.807) is 17.3 Å². The van der Waals surface area contributed by atoms with Gasteiger partial charge in [-0.05, 0) is 48.4 Å². The number of thioether (sulfide) groups is 1. The van der Waals surface area contributed by atoms with E-state index < -0.39 is 0 Å². The molecule has 2 fully saturated rings. The van der Waals surface area contributed by atoms with Crippen LogP contribution < -0.4 is 0 Å². The second-order valence-electron chi connectivity index (χ2n) is 9.57. The minimum absolute atomic E-state index is 0.0973. The molecule has 0 bridgehead atoms. The van der Waals surface area contributed by atoms with E-state index in [1.165, 1.54) is 17.3 Å². The van der Waals surface area contributed by atoms with Crippen molar-refractivity contribution in [3.63, 3.8) is 0 Å². The number of hydrogen-bond acceptors (Lipinski definition) is 5. The number of rotatable bonds is 6. The van der Waals surface area contributed by atoms with E-state index in [2.05, 4.69) is 35.5 Å². The highest BCUT2D eigenvalue weighted by molar-refractivity contribution is 8.26. The molecule has 2 aliphatic rings. The maximum Gasteiger partial charge on any atom is 0.266 e.